The van der Waals surface area contributed by atoms with E-state index in [4.69, 9.17) is 14.9 Å². The molecule has 1 aromatic carbocycles. The normalized spacial score (nSPS) is 10.3. The summed E-state index contributed by atoms with van der Waals surface area (Å²) >= 11 is 0. The second kappa shape index (κ2) is 8.11. The first kappa shape index (κ1) is 15.9. The van der Waals surface area contributed by atoms with Crippen LogP contribution in [0.15, 0.2) is 48.7 Å². The summed E-state index contributed by atoms with van der Waals surface area (Å²) in [5.41, 5.74) is 0.426. The smallest absolute Gasteiger partial charge is 0.254 e. The molecule has 0 aliphatic heterocycles. The van der Waals surface area contributed by atoms with Crippen molar-refractivity contribution < 1.29 is 19.7 Å². The van der Waals surface area contributed by atoms with E-state index >= 15 is 0 Å². The van der Waals surface area contributed by atoms with Gasteiger partial charge in [0.1, 0.15) is 5.75 Å². The first-order chi connectivity index (χ1) is 10.7. The Labute approximate surface area is 128 Å². The number of nitrogens with zero attached hydrogens (tertiary/aromatic N) is 2. The predicted octanol–water partition coefficient (Wildman–Crippen LogP) is 1.30. The summed E-state index contributed by atoms with van der Waals surface area (Å²) < 4.78 is 5.59. The molecule has 0 radical (unpaired) electrons. The van der Waals surface area contributed by atoms with Gasteiger partial charge >= 0.3 is 0 Å². The predicted molar refractivity (Wildman–Crippen MR) is 80.8 cm³/mol. The highest BCUT2D eigenvalue weighted by molar-refractivity contribution is 5.94. The summed E-state index contributed by atoms with van der Waals surface area (Å²) in [6.07, 6.45) is 1.62. The van der Waals surface area contributed by atoms with Gasteiger partial charge in [0.15, 0.2) is 0 Å². The van der Waals surface area contributed by atoms with Crippen LogP contribution in [0, 0.1) is 0 Å². The van der Waals surface area contributed by atoms with E-state index in [9.17, 15) is 4.79 Å². The van der Waals surface area contributed by atoms with Crippen LogP contribution < -0.4 is 4.74 Å². The van der Waals surface area contributed by atoms with Crippen molar-refractivity contribution >= 4 is 5.91 Å². The molecule has 0 fully saturated rings. The summed E-state index contributed by atoms with van der Waals surface area (Å²) in [6.45, 7) is 0.0289. The zero-order chi connectivity index (χ0) is 15.8. The van der Waals surface area contributed by atoms with E-state index in [1.54, 1.807) is 42.6 Å². The Hall–Kier alpha value is -2.44. The van der Waals surface area contributed by atoms with E-state index in [-0.39, 0.29) is 32.2 Å². The zero-order valence-electron chi connectivity index (χ0n) is 12.1. The molecule has 1 amide bonds. The van der Waals surface area contributed by atoms with Crippen LogP contribution >= 0.6 is 0 Å². The summed E-state index contributed by atoms with van der Waals surface area (Å²) in [5.74, 6) is 0.668. The number of aliphatic hydroxyl groups is 2. The van der Waals surface area contributed by atoms with Gasteiger partial charge in [0.05, 0.1) is 13.2 Å². The maximum Gasteiger partial charge on any atom is 0.254 e. The molecule has 0 aliphatic carbocycles. The standard InChI is InChI=1S/C16H18N2O4/c19-10-8-18(9-11-20)16(21)13-4-3-5-14(12-13)22-15-6-1-2-7-17-15/h1-7,12,19-20H,8-11H2. The van der Waals surface area contributed by atoms with Gasteiger partial charge in [0.25, 0.3) is 5.91 Å². The number of hydrogen-bond donors (Lipinski definition) is 2. The SMILES string of the molecule is O=C(c1cccc(Oc2ccccn2)c1)N(CCO)CCO. The van der Waals surface area contributed by atoms with Crippen LogP contribution in [0.1, 0.15) is 10.4 Å². The molecular weight excluding hydrogens is 284 g/mol. The summed E-state index contributed by atoms with van der Waals surface area (Å²) in [7, 11) is 0. The minimum Gasteiger partial charge on any atom is -0.439 e. The Bertz CT molecular complexity index is 598. The minimum atomic E-state index is -0.269. The molecule has 0 spiro atoms. The number of benzene rings is 1. The average molecular weight is 302 g/mol. The van der Waals surface area contributed by atoms with Crippen molar-refractivity contribution in [1.29, 1.82) is 0 Å². The fourth-order valence-electron chi connectivity index (χ4n) is 1.96. The van der Waals surface area contributed by atoms with E-state index in [1.807, 2.05) is 6.07 Å². The van der Waals surface area contributed by atoms with Crippen molar-refractivity contribution in [1.82, 2.24) is 9.88 Å². The molecule has 1 aromatic heterocycles. The third-order valence-corrected chi connectivity index (χ3v) is 2.97. The van der Waals surface area contributed by atoms with Gasteiger partial charge in [-0.05, 0) is 24.3 Å². The quantitative estimate of drug-likeness (QED) is 0.805. The molecule has 22 heavy (non-hydrogen) atoms. The monoisotopic (exact) mass is 302 g/mol. The highest BCUT2D eigenvalue weighted by atomic mass is 16.5. The van der Waals surface area contributed by atoms with E-state index in [0.29, 0.717) is 17.2 Å². The lowest BCUT2D eigenvalue weighted by Crippen LogP contribution is -2.35. The molecular formula is C16H18N2O4. The number of hydrogen-bond acceptors (Lipinski definition) is 5. The van der Waals surface area contributed by atoms with Crippen molar-refractivity contribution in [2.24, 2.45) is 0 Å². The van der Waals surface area contributed by atoms with Gasteiger partial charge in [0, 0.05) is 30.9 Å². The Balaban J connectivity index is 2.14. The van der Waals surface area contributed by atoms with Crippen LogP contribution in [-0.2, 0) is 0 Å². The van der Waals surface area contributed by atoms with Gasteiger partial charge in [0.2, 0.25) is 5.88 Å². The largest absolute Gasteiger partial charge is 0.439 e. The summed E-state index contributed by atoms with van der Waals surface area (Å²) in [5, 5.41) is 18.0. The van der Waals surface area contributed by atoms with Crippen LogP contribution in [0.3, 0.4) is 0 Å². The zero-order valence-corrected chi connectivity index (χ0v) is 12.1. The lowest BCUT2D eigenvalue weighted by molar-refractivity contribution is 0.0684. The fourth-order valence-corrected chi connectivity index (χ4v) is 1.96. The van der Waals surface area contributed by atoms with Crippen molar-refractivity contribution in [3.63, 3.8) is 0 Å². The van der Waals surface area contributed by atoms with E-state index in [1.165, 1.54) is 4.90 Å². The Morgan fingerprint density at radius 1 is 1.09 bits per heavy atom. The van der Waals surface area contributed by atoms with Crippen molar-refractivity contribution in [3.8, 4) is 11.6 Å². The number of carbonyl (C=O) groups excluding carboxylic acids is 1. The number of carbonyl (C=O) groups is 1. The maximum absolute atomic E-state index is 12.4. The molecule has 0 saturated heterocycles. The number of amides is 1. The lowest BCUT2D eigenvalue weighted by atomic mass is 10.2. The first-order valence-electron chi connectivity index (χ1n) is 6.94. The number of aromatic nitrogens is 1. The van der Waals surface area contributed by atoms with Crippen molar-refractivity contribution in [2.45, 2.75) is 0 Å². The van der Waals surface area contributed by atoms with Crippen LogP contribution in [0.2, 0.25) is 0 Å². The van der Waals surface area contributed by atoms with E-state index in [2.05, 4.69) is 4.98 Å². The molecule has 2 rings (SSSR count). The minimum absolute atomic E-state index is 0.157. The van der Waals surface area contributed by atoms with Crippen molar-refractivity contribution in [3.05, 3.63) is 54.2 Å². The average Bonchev–Trinajstić information content (AvgIpc) is 2.55. The molecule has 116 valence electrons. The van der Waals surface area contributed by atoms with Crippen LogP contribution in [0.5, 0.6) is 11.6 Å². The van der Waals surface area contributed by atoms with Crippen molar-refractivity contribution in [2.75, 3.05) is 26.3 Å². The molecule has 0 unspecified atom stereocenters. The van der Waals surface area contributed by atoms with Gasteiger partial charge in [-0.1, -0.05) is 12.1 Å². The fraction of sp³-hybridized carbons (Fsp3) is 0.250. The number of rotatable bonds is 7. The Kier molecular flexibility index (Phi) is 5.88. The van der Waals surface area contributed by atoms with Gasteiger partial charge in [-0.3, -0.25) is 4.79 Å². The summed E-state index contributed by atoms with van der Waals surface area (Å²) in [4.78, 5) is 17.8. The number of pyridine rings is 1. The van der Waals surface area contributed by atoms with Crippen LogP contribution in [0.4, 0.5) is 0 Å². The van der Waals surface area contributed by atoms with Gasteiger partial charge in [-0.25, -0.2) is 4.98 Å². The molecule has 0 atom stereocenters. The topological polar surface area (TPSA) is 82.9 Å². The Morgan fingerprint density at radius 2 is 1.86 bits per heavy atom. The molecule has 2 aromatic rings. The Morgan fingerprint density at radius 3 is 2.50 bits per heavy atom. The molecule has 6 nitrogen and oxygen atoms in total. The second-order valence-electron chi connectivity index (χ2n) is 4.54. The van der Waals surface area contributed by atoms with Gasteiger partial charge < -0.3 is 19.8 Å². The molecule has 6 heteroatoms. The van der Waals surface area contributed by atoms with Crippen LogP contribution in [0.25, 0.3) is 0 Å². The third kappa shape index (κ3) is 4.28. The summed E-state index contributed by atoms with van der Waals surface area (Å²) in [6, 6.07) is 12.0. The van der Waals surface area contributed by atoms with Gasteiger partial charge in [-0.2, -0.15) is 0 Å². The maximum atomic E-state index is 12.4. The van der Waals surface area contributed by atoms with E-state index in [0.717, 1.165) is 0 Å². The highest BCUT2D eigenvalue weighted by Gasteiger charge is 2.15. The molecule has 1 heterocycles. The highest BCUT2D eigenvalue weighted by Crippen LogP contribution is 2.20. The molecule has 0 aliphatic rings. The second-order valence-corrected chi connectivity index (χ2v) is 4.54. The van der Waals surface area contributed by atoms with E-state index < -0.39 is 0 Å². The number of aliphatic hydroxyl groups excluding tert-OH is 2. The van der Waals surface area contributed by atoms with Crippen LogP contribution in [-0.4, -0.2) is 52.3 Å². The molecule has 2 N–H and O–H groups in total. The lowest BCUT2D eigenvalue weighted by Gasteiger charge is -2.20. The molecule has 0 bridgehead atoms. The first-order valence-corrected chi connectivity index (χ1v) is 6.94. The third-order valence-electron chi connectivity index (χ3n) is 2.97. The van der Waals surface area contributed by atoms with Gasteiger partial charge in [-0.15, -0.1) is 0 Å². The number of ether oxygens (including phenoxy) is 1. The molecule has 0 saturated carbocycles.